The van der Waals surface area contributed by atoms with Crippen molar-refractivity contribution in [1.29, 1.82) is 0 Å². The summed E-state index contributed by atoms with van der Waals surface area (Å²) in [6, 6.07) is 10.2. The number of ether oxygens (including phenoxy) is 2. The highest BCUT2D eigenvalue weighted by Crippen LogP contribution is 2.15. The van der Waals surface area contributed by atoms with Crippen molar-refractivity contribution in [2.24, 2.45) is 4.99 Å². The summed E-state index contributed by atoms with van der Waals surface area (Å²) in [6.45, 7) is 7.54. The summed E-state index contributed by atoms with van der Waals surface area (Å²) in [7, 11) is 1.67. The van der Waals surface area contributed by atoms with Gasteiger partial charge in [0.2, 0.25) is 0 Å². The second-order valence-electron chi connectivity index (χ2n) is 5.56. The number of nitrogens with one attached hydrogen (secondary N) is 2. The van der Waals surface area contributed by atoms with E-state index in [1.165, 1.54) is 10.4 Å². The summed E-state index contributed by atoms with van der Waals surface area (Å²) in [5, 5.41) is 8.80. The molecule has 1 aromatic heterocycles. The van der Waals surface area contributed by atoms with Crippen molar-refractivity contribution in [2.45, 2.75) is 26.9 Å². The molecule has 0 atom stereocenters. The van der Waals surface area contributed by atoms with Crippen LogP contribution in [0.1, 0.15) is 22.9 Å². The lowest BCUT2D eigenvalue weighted by molar-refractivity contribution is 0.146. The van der Waals surface area contributed by atoms with E-state index in [-0.39, 0.29) is 0 Å². The van der Waals surface area contributed by atoms with Crippen LogP contribution in [0.5, 0.6) is 5.75 Å². The van der Waals surface area contributed by atoms with Gasteiger partial charge in [-0.25, -0.2) is 4.99 Å². The van der Waals surface area contributed by atoms with E-state index in [1.807, 2.05) is 18.2 Å². The van der Waals surface area contributed by atoms with Gasteiger partial charge in [0.25, 0.3) is 0 Å². The molecular formula is C19H27N3O2S. The smallest absolute Gasteiger partial charge is 0.191 e. The summed E-state index contributed by atoms with van der Waals surface area (Å²) in [5.74, 6) is 1.66. The van der Waals surface area contributed by atoms with Gasteiger partial charge in [-0.1, -0.05) is 12.1 Å². The lowest BCUT2D eigenvalue weighted by Crippen LogP contribution is -2.36. The monoisotopic (exact) mass is 361 g/mol. The Morgan fingerprint density at radius 2 is 2.08 bits per heavy atom. The topological polar surface area (TPSA) is 54.9 Å². The Kier molecular flexibility index (Phi) is 8.28. The minimum atomic E-state index is 0.549. The van der Waals surface area contributed by atoms with E-state index in [1.54, 1.807) is 18.4 Å². The second kappa shape index (κ2) is 10.7. The number of thiophene rings is 1. The first-order chi connectivity index (χ1) is 12.2. The summed E-state index contributed by atoms with van der Waals surface area (Å²) in [5.41, 5.74) is 2.42. The molecule has 25 heavy (non-hydrogen) atoms. The van der Waals surface area contributed by atoms with Crippen LogP contribution in [-0.4, -0.2) is 32.8 Å². The number of methoxy groups -OCH3 is 1. The molecule has 1 heterocycles. The predicted molar refractivity (Wildman–Crippen MR) is 105 cm³/mol. The maximum absolute atomic E-state index is 5.65. The zero-order chi connectivity index (χ0) is 17.9. The maximum Gasteiger partial charge on any atom is 0.191 e. The van der Waals surface area contributed by atoms with Gasteiger partial charge in [-0.3, -0.25) is 0 Å². The van der Waals surface area contributed by atoms with E-state index in [0.717, 1.165) is 30.4 Å². The molecule has 2 N–H and O–H groups in total. The molecule has 0 spiro atoms. The van der Waals surface area contributed by atoms with Gasteiger partial charge >= 0.3 is 0 Å². The third-order valence-corrected chi connectivity index (χ3v) is 4.63. The zero-order valence-electron chi connectivity index (χ0n) is 15.2. The molecule has 0 aliphatic carbocycles. The van der Waals surface area contributed by atoms with Crippen molar-refractivity contribution >= 4 is 17.3 Å². The number of rotatable bonds is 9. The zero-order valence-corrected chi connectivity index (χ0v) is 16.0. The van der Waals surface area contributed by atoms with Gasteiger partial charge in [0, 0.05) is 18.5 Å². The van der Waals surface area contributed by atoms with Crippen LogP contribution in [0.25, 0.3) is 0 Å². The molecule has 0 saturated heterocycles. The van der Waals surface area contributed by atoms with Gasteiger partial charge in [-0.2, -0.15) is 0 Å². The van der Waals surface area contributed by atoms with E-state index in [2.05, 4.69) is 47.0 Å². The van der Waals surface area contributed by atoms with E-state index in [4.69, 9.17) is 9.47 Å². The molecule has 0 radical (unpaired) electrons. The normalized spacial score (nSPS) is 11.4. The number of hydrogen-bond acceptors (Lipinski definition) is 4. The second-order valence-corrected chi connectivity index (χ2v) is 6.56. The third-order valence-electron chi connectivity index (χ3n) is 3.60. The summed E-state index contributed by atoms with van der Waals surface area (Å²) < 4.78 is 10.7. The van der Waals surface area contributed by atoms with Crippen LogP contribution in [0.2, 0.25) is 0 Å². The Morgan fingerprint density at radius 3 is 2.80 bits per heavy atom. The van der Waals surface area contributed by atoms with Crippen LogP contribution < -0.4 is 15.4 Å². The Labute approximate surface area is 154 Å². The van der Waals surface area contributed by atoms with Gasteiger partial charge in [0.15, 0.2) is 5.96 Å². The Balaban J connectivity index is 1.93. The van der Waals surface area contributed by atoms with Gasteiger partial charge in [0.05, 0.1) is 19.7 Å². The van der Waals surface area contributed by atoms with Crippen molar-refractivity contribution in [2.75, 3.05) is 26.9 Å². The van der Waals surface area contributed by atoms with Crippen molar-refractivity contribution in [3.8, 4) is 5.75 Å². The molecule has 6 heteroatoms. The van der Waals surface area contributed by atoms with Gasteiger partial charge in [-0.15, -0.1) is 11.3 Å². The van der Waals surface area contributed by atoms with Crippen LogP contribution >= 0.6 is 11.3 Å². The molecule has 2 aromatic rings. The molecule has 5 nitrogen and oxygen atoms in total. The summed E-state index contributed by atoms with van der Waals surface area (Å²) >= 11 is 1.76. The van der Waals surface area contributed by atoms with E-state index in [0.29, 0.717) is 19.8 Å². The molecule has 0 amide bonds. The Morgan fingerprint density at radius 1 is 1.20 bits per heavy atom. The van der Waals surface area contributed by atoms with Crippen molar-refractivity contribution in [3.63, 3.8) is 0 Å². The van der Waals surface area contributed by atoms with Crippen molar-refractivity contribution in [3.05, 3.63) is 51.7 Å². The van der Waals surface area contributed by atoms with Crippen LogP contribution in [-0.2, 0) is 17.8 Å². The average Bonchev–Trinajstić information content (AvgIpc) is 3.03. The highest BCUT2D eigenvalue weighted by atomic mass is 32.1. The molecule has 2 rings (SSSR count). The van der Waals surface area contributed by atoms with E-state index < -0.39 is 0 Å². The first kappa shape index (κ1) is 19.3. The molecular weight excluding hydrogens is 334 g/mol. The molecule has 0 unspecified atom stereocenters. The molecule has 0 fully saturated rings. The Bertz CT molecular complexity index is 670. The predicted octanol–water partition coefficient (Wildman–Crippen LogP) is 3.34. The molecule has 136 valence electrons. The largest absolute Gasteiger partial charge is 0.491 e. The molecule has 0 aliphatic heterocycles. The van der Waals surface area contributed by atoms with E-state index in [9.17, 15) is 0 Å². The van der Waals surface area contributed by atoms with Crippen LogP contribution in [0.3, 0.4) is 0 Å². The first-order valence-electron chi connectivity index (χ1n) is 8.48. The highest BCUT2D eigenvalue weighted by Gasteiger charge is 2.03. The molecule has 1 aromatic carbocycles. The summed E-state index contributed by atoms with van der Waals surface area (Å²) in [4.78, 5) is 6.00. The number of benzene rings is 1. The molecule has 0 saturated carbocycles. The van der Waals surface area contributed by atoms with E-state index >= 15 is 0 Å². The number of aliphatic imine (C=N–C) groups is 1. The minimum absolute atomic E-state index is 0.549. The van der Waals surface area contributed by atoms with Crippen molar-refractivity contribution < 1.29 is 9.47 Å². The van der Waals surface area contributed by atoms with Crippen LogP contribution in [0.15, 0.2) is 40.7 Å². The quantitative estimate of drug-likeness (QED) is 0.409. The fourth-order valence-corrected chi connectivity index (χ4v) is 3.08. The fourth-order valence-electron chi connectivity index (χ4n) is 2.24. The average molecular weight is 362 g/mol. The standard InChI is InChI=1S/C19H27N3O2S/c1-4-20-19(22-14-18-15(2)8-11-25-18)21-13-16-6-5-7-17(12-16)24-10-9-23-3/h5-8,11-12H,4,9-10,13-14H2,1-3H3,(H2,20,21,22). The lowest BCUT2D eigenvalue weighted by Gasteiger charge is -2.11. The number of hydrogen-bond donors (Lipinski definition) is 2. The fraction of sp³-hybridized carbons (Fsp3) is 0.421. The molecule has 0 aliphatic rings. The summed E-state index contributed by atoms with van der Waals surface area (Å²) in [6.07, 6.45) is 0. The molecule has 0 bridgehead atoms. The minimum Gasteiger partial charge on any atom is -0.491 e. The number of aryl methyl sites for hydroxylation is 1. The maximum atomic E-state index is 5.65. The van der Waals surface area contributed by atoms with Crippen LogP contribution in [0.4, 0.5) is 0 Å². The van der Waals surface area contributed by atoms with Gasteiger partial charge in [-0.05, 0) is 48.6 Å². The SMILES string of the molecule is CCNC(=NCc1cccc(OCCOC)c1)NCc1sccc1C. The van der Waals surface area contributed by atoms with Gasteiger partial charge in [0.1, 0.15) is 12.4 Å². The van der Waals surface area contributed by atoms with Crippen LogP contribution in [0, 0.1) is 6.92 Å². The highest BCUT2D eigenvalue weighted by molar-refractivity contribution is 7.10. The number of nitrogens with zero attached hydrogens (tertiary/aromatic N) is 1. The Hall–Kier alpha value is -2.05. The van der Waals surface area contributed by atoms with Gasteiger partial charge < -0.3 is 20.1 Å². The third kappa shape index (κ3) is 6.76. The first-order valence-corrected chi connectivity index (χ1v) is 9.36. The number of guanidine groups is 1. The lowest BCUT2D eigenvalue weighted by atomic mass is 10.2. The van der Waals surface area contributed by atoms with Crippen molar-refractivity contribution in [1.82, 2.24) is 10.6 Å².